The largest absolute Gasteiger partial charge is 0.394 e. The lowest BCUT2D eigenvalue weighted by Gasteiger charge is -2.48. The number of amides is 1. The van der Waals surface area contributed by atoms with E-state index in [-0.39, 0.29) is 18.9 Å². The molecular weight excluding hydrogens is 1240 g/mol. The van der Waals surface area contributed by atoms with Gasteiger partial charge in [-0.1, -0.05) is 281 Å². The summed E-state index contributed by atoms with van der Waals surface area (Å²) in [5.74, 6) is -0.285. The summed E-state index contributed by atoms with van der Waals surface area (Å²) < 4.78 is 34.4. The number of aliphatic hydroxyl groups is 11. The van der Waals surface area contributed by atoms with E-state index in [0.717, 1.165) is 44.9 Å². The molecule has 97 heavy (non-hydrogen) atoms. The third kappa shape index (κ3) is 39.8. The topological polar surface area (TPSA) is 307 Å². The zero-order valence-corrected chi connectivity index (χ0v) is 60.6. The summed E-state index contributed by atoms with van der Waals surface area (Å²) in [6, 6.07) is -0.996. The molecule has 568 valence electrons. The zero-order chi connectivity index (χ0) is 70.4. The smallest absolute Gasteiger partial charge is 0.220 e. The summed E-state index contributed by atoms with van der Waals surface area (Å²) in [5.41, 5.74) is 0. The summed E-state index contributed by atoms with van der Waals surface area (Å²) in [4.78, 5) is 13.4. The number of nitrogens with one attached hydrogen (secondary N) is 1. The molecule has 3 aliphatic heterocycles. The molecule has 0 spiro atoms. The Kier molecular flexibility index (Phi) is 54.3. The van der Waals surface area contributed by atoms with Crippen LogP contribution >= 0.6 is 0 Å². The van der Waals surface area contributed by atoms with Gasteiger partial charge in [-0.25, -0.2) is 0 Å². The van der Waals surface area contributed by atoms with Gasteiger partial charge in [0.05, 0.1) is 38.6 Å². The van der Waals surface area contributed by atoms with Crippen molar-refractivity contribution >= 4 is 5.91 Å². The third-order valence-electron chi connectivity index (χ3n) is 19.6. The number of hydrogen-bond donors (Lipinski definition) is 12. The van der Waals surface area contributed by atoms with Crippen LogP contribution in [-0.2, 0) is 33.2 Å². The number of ether oxygens (including phenoxy) is 6. The van der Waals surface area contributed by atoms with Gasteiger partial charge in [-0.2, -0.15) is 0 Å². The van der Waals surface area contributed by atoms with Crippen molar-refractivity contribution in [1.82, 2.24) is 5.32 Å². The number of carbonyl (C=O) groups is 1. The Bertz CT molecular complexity index is 1940. The molecule has 0 aromatic carbocycles. The molecule has 3 rings (SSSR count). The molecule has 0 saturated carbocycles. The second kappa shape index (κ2) is 59.2. The zero-order valence-electron chi connectivity index (χ0n) is 60.6. The molecule has 17 atom stereocenters. The maximum absolute atomic E-state index is 13.4. The van der Waals surface area contributed by atoms with Crippen molar-refractivity contribution in [2.75, 3.05) is 26.4 Å². The molecule has 17 unspecified atom stereocenters. The van der Waals surface area contributed by atoms with Crippen LogP contribution in [0.15, 0.2) is 48.6 Å². The summed E-state index contributed by atoms with van der Waals surface area (Å²) in [7, 11) is 0. The van der Waals surface area contributed by atoms with Gasteiger partial charge in [-0.3, -0.25) is 4.79 Å². The fraction of sp³-hybridized carbons (Fsp3) is 0.885. The van der Waals surface area contributed by atoms with Crippen molar-refractivity contribution in [3.8, 4) is 0 Å². The van der Waals surface area contributed by atoms with Gasteiger partial charge >= 0.3 is 0 Å². The first-order chi connectivity index (χ1) is 47.3. The van der Waals surface area contributed by atoms with E-state index in [1.165, 1.54) is 231 Å². The highest BCUT2D eigenvalue weighted by Gasteiger charge is 2.53. The number of allylic oxidation sites excluding steroid dienone is 7. The molecule has 12 N–H and O–H groups in total. The molecule has 3 saturated heterocycles. The monoisotopic (exact) mass is 1380 g/mol. The predicted octanol–water partition coefficient (Wildman–Crippen LogP) is 12.5. The van der Waals surface area contributed by atoms with Gasteiger partial charge in [0.15, 0.2) is 18.9 Å². The van der Waals surface area contributed by atoms with Crippen LogP contribution in [0.1, 0.15) is 309 Å². The van der Waals surface area contributed by atoms with Crippen LogP contribution in [-0.4, -0.2) is 193 Å². The van der Waals surface area contributed by atoms with Gasteiger partial charge in [0.2, 0.25) is 5.91 Å². The van der Waals surface area contributed by atoms with Crippen LogP contribution in [0.2, 0.25) is 0 Å². The van der Waals surface area contributed by atoms with Gasteiger partial charge in [-0.15, -0.1) is 0 Å². The lowest BCUT2D eigenvalue weighted by molar-refractivity contribution is -0.379. The van der Waals surface area contributed by atoms with Gasteiger partial charge in [0, 0.05) is 6.42 Å². The van der Waals surface area contributed by atoms with E-state index in [9.17, 15) is 61.0 Å². The maximum Gasteiger partial charge on any atom is 0.220 e. The van der Waals surface area contributed by atoms with Crippen LogP contribution in [0.4, 0.5) is 0 Å². The quantitative estimate of drug-likeness (QED) is 0.0199. The summed E-state index contributed by atoms with van der Waals surface area (Å²) >= 11 is 0. The van der Waals surface area contributed by atoms with Gasteiger partial charge in [0.25, 0.3) is 0 Å². The number of unbranched alkanes of at least 4 members (excludes halogenated alkanes) is 40. The fourth-order valence-electron chi connectivity index (χ4n) is 13.2. The highest BCUT2D eigenvalue weighted by Crippen LogP contribution is 2.33. The Hall–Kier alpha value is -2.25. The molecule has 0 bridgehead atoms. The van der Waals surface area contributed by atoms with Crippen LogP contribution in [0.25, 0.3) is 0 Å². The van der Waals surface area contributed by atoms with E-state index in [2.05, 4.69) is 55.6 Å². The molecule has 3 fully saturated rings. The van der Waals surface area contributed by atoms with Crippen molar-refractivity contribution in [3.05, 3.63) is 48.6 Å². The molecule has 3 aliphatic rings. The van der Waals surface area contributed by atoms with Gasteiger partial charge < -0.3 is 89.9 Å². The minimum absolute atomic E-state index is 0.235. The minimum Gasteiger partial charge on any atom is -0.394 e. The number of aliphatic hydroxyl groups excluding tert-OH is 11. The van der Waals surface area contributed by atoms with Gasteiger partial charge in [-0.05, 0) is 70.6 Å². The van der Waals surface area contributed by atoms with E-state index in [1.54, 1.807) is 6.08 Å². The summed E-state index contributed by atoms with van der Waals surface area (Å²) in [6.45, 7) is 1.73. The van der Waals surface area contributed by atoms with E-state index in [1.807, 2.05) is 6.08 Å². The lowest BCUT2D eigenvalue weighted by atomic mass is 9.96. The molecule has 19 nitrogen and oxygen atoms in total. The maximum atomic E-state index is 13.4. The predicted molar refractivity (Wildman–Crippen MR) is 383 cm³/mol. The highest BCUT2D eigenvalue weighted by molar-refractivity contribution is 5.76. The van der Waals surface area contributed by atoms with Crippen molar-refractivity contribution < 1.29 is 89.4 Å². The first-order valence-electron chi connectivity index (χ1n) is 39.4. The Morgan fingerprint density at radius 1 is 0.361 bits per heavy atom. The Balaban J connectivity index is 1.34. The molecule has 3 heterocycles. The summed E-state index contributed by atoms with van der Waals surface area (Å²) in [5, 5.41) is 121. The first-order valence-corrected chi connectivity index (χ1v) is 39.4. The Labute approximate surface area is 586 Å². The van der Waals surface area contributed by atoms with Crippen molar-refractivity contribution in [1.29, 1.82) is 0 Å². The van der Waals surface area contributed by atoms with E-state index in [4.69, 9.17) is 28.4 Å². The average molecular weight is 1380 g/mol. The molecule has 19 heteroatoms. The van der Waals surface area contributed by atoms with Crippen LogP contribution in [0, 0.1) is 0 Å². The van der Waals surface area contributed by atoms with E-state index < -0.39 is 124 Å². The standard InChI is InChI=1S/C78H143NO18/c1-3-5-7-9-11-13-15-17-19-21-22-23-24-25-26-27-28-29-30-31-32-33-34-35-36-37-38-40-42-44-46-48-50-52-54-56-66(84)79-61(62(83)55-53-51-49-47-45-43-41-39-20-18-16-14-12-10-8-6-4-2)60-92-76-72(90)69(87)74(64(58-81)94-76)97-78-73(91)70(88)75(65(59-82)95-78)96-77-71(89)68(86)67(85)63(57-80)93-77/h20-22,39,45,47,53,55,61-65,67-78,80-83,85-91H,3-19,23-38,40-44,46,48-52,54,56-60H2,1-2H3,(H,79,84)/b22-21-,39-20+,47-45+,55-53+. The SMILES string of the molecule is CCCCCCCCC/C=C/CC/C=C/CC/C=C/C(O)C(COC1OC(CO)C(OC2OC(CO)C(OC3OC(CO)C(O)C(O)C3O)C(O)C2O)C(O)C1O)NC(=O)CCCCCCCCCCCCCCCCCCCCCCCCC/C=C\CCCCCCCCCC. The molecule has 0 aliphatic carbocycles. The fourth-order valence-corrected chi connectivity index (χ4v) is 13.2. The van der Waals surface area contributed by atoms with Crippen molar-refractivity contribution in [2.45, 2.75) is 413 Å². The molecule has 0 aromatic rings. The first kappa shape index (κ1) is 89.0. The van der Waals surface area contributed by atoms with Crippen LogP contribution in [0.3, 0.4) is 0 Å². The second-order valence-electron chi connectivity index (χ2n) is 28.2. The normalized spacial score (nSPS) is 27.1. The Morgan fingerprint density at radius 3 is 1.03 bits per heavy atom. The minimum atomic E-state index is -1.98. The lowest BCUT2D eigenvalue weighted by Crippen LogP contribution is -2.66. The van der Waals surface area contributed by atoms with Crippen LogP contribution in [0.5, 0.6) is 0 Å². The molecule has 1 amide bonds. The van der Waals surface area contributed by atoms with E-state index in [0.29, 0.717) is 12.8 Å². The molecule has 0 aromatic heterocycles. The molecular formula is C78H143NO18. The highest BCUT2D eigenvalue weighted by atomic mass is 16.8. The number of carbonyl (C=O) groups excluding carboxylic acids is 1. The van der Waals surface area contributed by atoms with Crippen molar-refractivity contribution in [2.24, 2.45) is 0 Å². The van der Waals surface area contributed by atoms with E-state index >= 15 is 0 Å². The number of rotatable bonds is 62. The number of hydrogen-bond acceptors (Lipinski definition) is 18. The average Bonchev–Trinajstić information content (AvgIpc) is 0.789. The van der Waals surface area contributed by atoms with Gasteiger partial charge in [0.1, 0.15) is 73.2 Å². The second-order valence-corrected chi connectivity index (χ2v) is 28.2. The Morgan fingerprint density at radius 2 is 0.660 bits per heavy atom. The van der Waals surface area contributed by atoms with Crippen LogP contribution < -0.4 is 5.32 Å². The molecule has 0 radical (unpaired) electrons. The third-order valence-corrected chi connectivity index (χ3v) is 19.6. The summed E-state index contributed by atoms with van der Waals surface area (Å²) in [6.07, 6.45) is 46.9. The van der Waals surface area contributed by atoms with Crippen molar-refractivity contribution in [3.63, 3.8) is 0 Å².